The molecule has 2 heterocycles. The molecular weight excluding hydrogens is 492 g/mol. The van der Waals surface area contributed by atoms with Gasteiger partial charge in [0.15, 0.2) is 17.7 Å². The maximum absolute atomic E-state index is 13.5. The van der Waals surface area contributed by atoms with Gasteiger partial charge in [-0.15, -0.1) is 0 Å². The van der Waals surface area contributed by atoms with Gasteiger partial charge >= 0.3 is 6.09 Å². The lowest BCUT2D eigenvalue weighted by molar-refractivity contribution is 0.0484. The number of aliphatic hydroxyl groups excluding tert-OH is 2. The van der Waals surface area contributed by atoms with Gasteiger partial charge in [0.25, 0.3) is 5.91 Å². The van der Waals surface area contributed by atoms with Crippen LogP contribution >= 0.6 is 21.6 Å². The van der Waals surface area contributed by atoms with E-state index in [9.17, 15) is 14.7 Å². The summed E-state index contributed by atoms with van der Waals surface area (Å²) in [5.41, 5.74) is 1.24. The van der Waals surface area contributed by atoms with E-state index >= 15 is 0 Å². The highest BCUT2D eigenvalue weighted by molar-refractivity contribution is 8.77. The first-order valence-corrected chi connectivity index (χ1v) is 13.9. The molecule has 1 unspecified atom stereocenters. The summed E-state index contributed by atoms with van der Waals surface area (Å²) in [7, 11) is 6.16. The molecule has 35 heavy (non-hydrogen) atoms. The Morgan fingerprint density at radius 3 is 2.57 bits per heavy atom. The van der Waals surface area contributed by atoms with Crippen molar-refractivity contribution in [3.8, 4) is 11.5 Å². The minimum absolute atomic E-state index is 0.0901. The monoisotopic (exact) mass is 524 g/mol. The second-order valence-electron chi connectivity index (χ2n) is 9.04. The average molecular weight is 525 g/mol. The molecule has 2 atom stereocenters. The molecule has 0 aromatic heterocycles. The van der Waals surface area contributed by atoms with E-state index in [1.165, 1.54) is 26.4 Å². The van der Waals surface area contributed by atoms with Crippen molar-refractivity contribution in [2.24, 2.45) is 0 Å². The molecule has 1 saturated heterocycles. The van der Waals surface area contributed by atoms with E-state index in [1.807, 2.05) is 0 Å². The van der Waals surface area contributed by atoms with Crippen LogP contribution in [0.15, 0.2) is 24.3 Å². The Bertz CT molecular complexity index is 983. The lowest BCUT2D eigenvalue weighted by atomic mass is 10.1. The largest absolute Gasteiger partial charge is 0.493 e. The second-order valence-corrected chi connectivity index (χ2v) is 11.9. The number of methoxy groups -OCH3 is 2. The number of ether oxygens (including phenoxy) is 3. The van der Waals surface area contributed by atoms with Crippen LogP contribution in [-0.4, -0.2) is 83.9 Å². The predicted molar refractivity (Wildman–Crippen MR) is 136 cm³/mol. The molecule has 0 spiro atoms. The Kier molecular flexibility index (Phi) is 8.09. The molecule has 0 bridgehead atoms. The molecule has 4 rings (SSSR count). The quantitative estimate of drug-likeness (QED) is 0.300. The maximum atomic E-state index is 13.5. The molecule has 1 saturated carbocycles. The molecule has 3 aliphatic rings. The second kappa shape index (κ2) is 10.9. The summed E-state index contributed by atoms with van der Waals surface area (Å²) in [6.07, 6.45) is 2.24. The summed E-state index contributed by atoms with van der Waals surface area (Å²) < 4.78 is 16.4. The van der Waals surface area contributed by atoms with Crippen LogP contribution in [0, 0.1) is 0 Å². The molecule has 2 aliphatic heterocycles. The standard InChI is InChI=1S/C24H32N2O7S2/c1-15-10-18-22(29)26(23(30)33-14-24(6-4-5-7-24)35-34-9-8-27)17-12-20(32-3)19(31-2)11-16(17)21(28)25(18)13-15/h11-12,18,22,27,29H,1,4-10,13-14H2,2-3H3/t18-,22?/m0/s1. The van der Waals surface area contributed by atoms with Gasteiger partial charge in [-0.3, -0.25) is 4.79 Å². The molecule has 1 aromatic carbocycles. The van der Waals surface area contributed by atoms with Crippen molar-refractivity contribution in [1.29, 1.82) is 0 Å². The number of carbonyl (C=O) groups is 2. The fourth-order valence-corrected chi connectivity index (χ4v) is 7.81. The van der Waals surface area contributed by atoms with Crippen molar-refractivity contribution < 1.29 is 34.0 Å². The molecule has 9 nitrogen and oxygen atoms in total. The van der Waals surface area contributed by atoms with Crippen molar-refractivity contribution >= 4 is 39.3 Å². The van der Waals surface area contributed by atoms with Crippen LogP contribution in [0.1, 0.15) is 42.5 Å². The van der Waals surface area contributed by atoms with Crippen molar-refractivity contribution in [3.05, 3.63) is 29.8 Å². The van der Waals surface area contributed by atoms with Crippen molar-refractivity contribution in [1.82, 2.24) is 4.90 Å². The van der Waals surface area contributed by atoms with Gasteiger partial charge in [-0.2, -0.15) is 0 Å². The number of aliphatic hydroxyl groups is 2. The summed E-state index contributed by atoms with van der Waals surface area (Å²) in [6.45, 7) is 4.56. The third-order valence-electron chi connectivity index (χ3n) is 6.73. The minimum Gasteiger partial charge on any atom is -0.493 e. The highest BCUT2D eigenvalue weighted by atomic mass is 33.1. The molecule has 2 fully saturated rings. The normalized spacial score (nSPS) is 23.1. The van der Waals surface area contributed by atoms with Crippen molar-refractivity contribution in [3.63, 3.8) is 0 Å². The van der Waals surface area contributed by atoms with E-state index in [1.54, 1.807) is 26.5 Å². The number of nitrogens with zero attached hydrogens (tertiary/aromatic N) is 2. The SMILES string of the molecule is C=C1C[C@H]2C(O)N(C(=O)OCC3(SSCCO)CCCC3)c3cc(OC)c(OC)cc3C(=O)N2C1. The van der Waals surface area contributed by atoms with Crippen molar-refractivity contribution in [2.45, 2.75) is 49.1 Å². The average Bonchev–Trinajstić information content (AvgIpc) is 3.47. The van der Waals surface area contributed by atoms with Gasteiger partial charge in [-0.05, 0) is 25.3 Å². The molecule has 2 N–H and O–H groups in total. The van der Waals surface area contributed by atoms with Gasteiger partial charge in [0.05, 0.1) is 42.9 Å². The van der Waals surface area contributed by atoms with Crippen LogP contribution < -0.4 is 14.4 Å². The molecule has 11 heteroatoms. The summed E-state index contributed by atoms with van der Waals surface area (Å²) >= 11 is 0. The van der Waals surface area contributed by atoms with Crippen LogP contribution in [0.3, 0.4) is 0 Å². The zero-order chi connectivity index (χ0) is 25.2. The van der Waals surface area contributed by atoms with Crippen LogP contribution in [0.5, 0.6) is 11.5 Å². The van der Waals surface area contributed by atoms with Crippen LogP contribution in [0.4, 0.5) is 10.5 Å². The summed E-state index contributed by atoms with van der Waals surface area (Å²) in [4.78, 5) is 29.7. The van der Waals surface area contributed by atoms with Gasteiger partial charge < -0.3 is 29.3 Å². The summed E-state index contributed by atoms with van der Waals surface area (Å²) in [5.74, 6) is 0.964. The van der Waals surface area contributed by atoms with E-state index in [2.05, 4.69) is 6.58 Å². The Balaban J connectivity index is 1.67. The van der Waals surface area contributed by atoms with Crippen LogP contribution in [0.25, 0.3) is 0 Å². The van der Waals surface area contributed by atoms with Gasteiger partial charge in [0, 0.05) is 18.4 Å². The van der Waals surface area contributed by atoms with Gasteiger partial charge in [-0.25, -0.2) is 9.69 Å². The van der Waals surface area contributed by atoms with E-state index in [-0.39, 0.29) is 35.1 Å². The third kappa shape index (κ3) is 5.09. The number of fused-ring (bicyclic) bond motifs is 2. The first kappa shape index (κ1) is 26.0. The Labute approximate surface area is 213 Å². The number of rotatable bonds is 8. The molecule has 0 radical (unpaired) electrons. The number of benzene rings is 1. The van der Waals surface area contributed by atoms with Gasteiger partial charge in [0.1, 0.15) is 6.61 Å². The van der Waals surface area contributed by atoms with E-state index in [4.69, 9.17) is 19.3 Å². The predicted octanol–water partition coefficient (Wildman–Crippen LogP) is 3.44. The molecule has 2 amide bonds. The fourth-order valence-electron chi connectivity index (χ4n) is 4.97. The zero-order valence-corrected chi connectivity index (χ0v) is 21.7. The number of anilines is 1. The highest BCUT2D eigenvalue weighted by Crippen LogP contribution is 2.48. The molecule has 1 aromatic rings. The smallest absolute Gasteiger partial charge is 0.416 e. The zero-order valence-electron chi connectivity index (χ0n) is 20.0. The highest BCUT2D eigenvalue weighted by Gasteiger charge is 2.47. The first-order valence-electron chi connectivity index (χ1n) is 11.6. The lowest BCUT2D eigenvalue weighted by Crippen LogP contribution is -2.51. The fraction of sp³-hybridized carbons (Fsp3) is 0.583. The number of hydrogen-bond donors (Lipinski definition) is 2. The van der Waals surface area contributed by atoms with Gasteiger partial charge in [0.2, 0.25) is 0 Å². The van der Waals surface area contributed by atoms with Gasteiger partial charge in [-0.1, -0.05) is 46.6 Å². The molecule has 192 valence electrons. The van der Waals surface area contributed by atoms with E-state index < -0.39 is 18.4 Å². The lowest BCUT2D eigenvalue weighted by Gasteiger charge is -2.33. The van der Waals surface area contributed by atoms with E-state index in [0.717, 1.165) is 36.2 Å². The Hall–Kier alpha value is -2.08. The summed E-state index contributed by atoms with van der Waals surface area (Å²) in [6, 6.07) is 2.43. The van der Waals surface area contributed by atoms with E-state index in [0.29, 0.717) is 30.2 Å². The van der Waals surface area contributed by atoms with Crippen LogP contribution in [0.2, 0.25) is 0 Å². The van der Waals surface area contributed by atoms with Crippen molar-refractivity contribution in [2.75, 3.05) is 44.6 Å². The molecular formula is C24H32N2O7S2. The topological polar surface area (TPSA) is 109 Å². The third-order valence-corrected chi connectivity index (χ3v) is 9.99. The minimum atomic E-state index is -1.32. The Morgan fingerprint density at radius 1 is 1.23 bits per heavy atom. The Morgan fingerprint density at radius 2 is 1.91 bits per heavy atom. The number of carbonyl (C=O) groups excluding carboxylic acids is 2. The summed E-state index contributed by atoms with van der Waals surface area (Å²) in [5, 5.41) is 20.5. The molecule has 1 aliphatic carbocycles. The number of hydrogen-bond acceptors (Lipinski definition) is 9. The maximum Gasteiger partial charge on any atom is 0.416 e. The number of amides is 2. The first-order chi connectivity index (χ1) is 16.8. The van der Waals surface area contributed by atoms with Crippen LogP contribution in [-0.2, 0) is 4.74 Å².